The first kappa shape index (κ1) is 21.6. The molecule has 1 saturated heterocycles. The van der Waals surface area contributed by atoms with Crippen LogP contribution >= 0.6 is 0 Å². The van der Waals surface area contributed by atoms with Gasteiger partial charge in [0.15, 0.2) is 0 Å². The predicted octanol–water partition coefficient (Wildman–Crippen LogP) is 2.92. The lowest BCUT2D eigenvalue weighted by Gasteiger charge is -2.29. The van der Waals surface area contributed by atoms with Crippen LogP contribution in [0.3, 0.4) is 0 Å². The number of benzene rings is 2. The summed E-state index contributed by atoms with van der Waals surface area (Å²) in [6, 6.07) is 13.9. The molecule has 2 aromatic rings. The van der Waals surface area contributed by atoms with E-state index in [1.54, 1.807) is 31.4 Å². The lowest BCUT2D eigenvalue weighted by atomic mass is 10.0. The van der Waals surface area contributed by atoms with Crippen molar-refractivity contribution in [1.29, 1.82) is 0 Å². The van der Waals surface area contributed by atoms with Crippen LogP contribution < -0.4 is 20.3 Å². The summed E-state index contributed by atoms with van der Waals surface area (Å²) < 4.78 is 10.5. The molecular weight excluding hydrogens is 382 g/mol. The summed E-state index contributed by atoms with van der Waals surface area (Å²) in [7, 11) is 1.57. The molecule has 2 amide bonds. The first-order chi connectivity index (χ1) is 14.5. The third-order valence-electron chi connectivity index (χ3n) is 5.10. The SMILES string of the molecule is COc1ccc(C(=O)N[C@@H](C(=O)Nc2ccc(N3CCOCC3)cc2)C(C)C)cc1. The van der Waals surface area contributed by atoms with Gasteiger partial charge in [0.2, 0.25) is 5.91 Å². The molecule has 1 atom stereocenters. The maximum Gasteiger partial charge on any atom is 0.251 e. The molecule has 30 heavy (non-hydrogen) atoms. The zero-order valence-corrected chi connectivity index (χ0v) is 17.7. The van der Waals surface area contributed by atoms with Gasteiger partial charge in [0.1, 0.15) is 11.8 Å². The van der Waals surface area contributed by atoms with Gasteiger partial charge in [-0.3, -0.25) is 9.59 Å². The van der Waals surface area contributed by atoms with Crippen molar-refractivity contribution in [3.05, 3.63) is 54.1 Å². The molecule has 0 spiro atoms. The molecule has 1 fully saturated rings. The fourth-order valence-electron chi connectivity index (χ4n) is 3.30. The quantitative estimate of drug-likeness (QED) is 0.732. The van der Waals surface area contributed by atoms with Crippen LogP contribution in [0, 0.1) is 5.92 Å². The van der Waals surface area contributed by atoms with Crippen LogP contribution in [0.15, 0.2) is 48.5 Å². The molecule has 0 aromatic heterocycles. The number of anilines is 2. The Balaban J connectivity index is 1.62. The lowest BCUT2D eigenvalue weighted by Crippen LogP contribution is -2.47. The highest BCUT2D eigenvalue weighted by Crippen LogP contribution is 2.20. The molecule has 7 heteroatoms. The minimum atomic E-state index is -0.654. The molecule has 7 nitrogen and oxygen atoms in total. The Morgan fingerprint density at radius 1 is 1.00 bits per heavy atom. The van der Waals surface area contributed by atoms with Crippen LogP contribution in [0.1, 0.15) is 24.2 Å². The van der Waals surface area contributed by atoms with E-state index in [2.05, 4.69) is 15.5 Å². The number of hydrogen-bond donors (Lipinski definition) is 2. The van der Waals surface area contributed by atoms with Gasteiger partial charge in [-0.2, -0.15) is 0 Å². The van der Waals surface area contributed by atoms with Crippen molar-refractivity contribution in [3.8, 4) is 5.75 Å². The van der Waals surface area contributed by atoms with Gasteiger partial charge in [0.25, 0.3) is 5.91 Å². The highest BCUT2D eigenvalue weighted by Gasteiger charge is 2.25. The molecule has 1 aliphatic heterocycles. The molecule has 2 aromatic carbocycles. The number of hydrogen-bond acceptors (Lipinski definition) is 5. The zero-order valence-electron chi connectivity index (χ0n) is 17.7. The number of nitrogens with zero attached hydrogens (tertiary/aromatic N) is 1. The minimum absolute atomic E-state index is 0.0696. The molecule has 1 aliphatic rings. The summed E-state index contributed by atoms with van der Waals surface area (Å²) in [5, 5.41) is 5.75. The number of amides is 2. The third kappa shape index (κ3) is 5.51. The van der Waals surface area contributed by atoms with Crippen LogP contribution in [-0.4, -0.2) is 51.3 Å². The summed E-state index contributed by atoms with van der Waals surface area (Å²) in [4.78, 5) is 27.7. The van der Waals surface area contributed by atoms with E-state index >= 15 is 0 Å². The van der Waals surface area contributed by atoms with Gasteiger partial charge < -0.3 is 25.0 Å². The van der Waals surface area contributed by atoms with Crippen molar-refractivity contribution in [2.75, 3.05) is 43.6 Å². The molecule has 1 heterocycles. The molecule has 3 rings (SSSR count). The zero-order chi connectivity index (χ0) is 21.5. The van der Waals surface area contributed by atoms with Crippen molar-refractivity contribution in [2.45, 2.75) is 19.9 Å². The summed E-state index contributed by atoms with van der Waals surface area (Å²) in [6.07, 6.45) is 0. The Labute approximate surface area is 177 Å². The number of ether oxygens (including phenoxy) is 2. The summed E-state index contributed by atoms with van der Waals surface area (Å²) in [5.74, 6) is 0.0604. The summed E-state index contributed by atoms with van der Waals surface area (Å²) in [5.41, 5.74) is 2.27. The van der Waals surface area contributed by atoms with Crippen molar-refractivity contribution < 1.29 is 19.1 Å². The van der Waals surface area contributed by atoms with Crippen LogP contribution in [0.5, 0.6) is 5.75 Å². The van der Waals surface area contributed by atoms with E-state index in [9.17, 15) is 9.59 Å². The monoisotopic (exact) mass is 411 g/mol. The van der Waals surface area contributed by atoms with E-state index in [-0.39, 0.29) is 17.7 Å². The number of nitrogens with one attached hydrogen (secondary N) is 2. The van der Waals surface area contributed by atoms with Crippen molar-refractivity contribution in [3.63, 3.8) is 0 Å². The fourth-order valence-corrected chi connectivity index (χ4v) is 3.30. The van der Waals surface area contributed by atoms with Gasteiger partial charge >= 0.3 is 0 Å². The first-order valence-corrected chi connectivity index (χ1v) is 10.2. The Morgan fingerprint density at radius 2 is 1.63 bits per heavy atom. The molecule has 0 saturated carbocycles. The highest BCUT2D eigenvalue weighted by molar-refractivity contribution is 6.01. The van der Waals surface area contributed by atoms with E-state index in [0.29, 0.717) is 17.0 Å². The van der Waals surface area contributed by atoms with E-state index in [1.165, 1.54) is 0 Å². The van der Waals surface area contributed by atoms with Gasteiger partial charge in [0, 0.05) is 30.0 Å². The molecule has 0 bridgehead atoms. The molecule has 0 radical (unpaired) electrons. The normalized spacial score (nSPS) is 14.9. The number of carbonyl (C=O) groups is 2. The average molecular weight is 412 g/mol. The topological polar surface area (TPSA) is 79.9 Å². The molecule has 2 N–H and O–H groups in total. The molecule has 0 aliphatic carbocycles. The van der Waals surface area contributed by atoms with Gasteiger partial charge in [-0.05, 0) is 54.4 Å². The van der Waals surface area contributed by atoms with Crippen molar-refractivity contribution in [2.24, 2.45) is 5.92 Å². The van der Waals surface area contributed by atoms with Gasteiger partial charge in [-0.1, -0.05) is 13.8 Å². The second kappa shape index (κ2) is 10.1. The third-order valence-corrected chi connectivity index (χ3v) is 5.10. The largest absolute Gasteiger partial charge is 0.497 e. The Hall–Kier alpha value is -3.06. The van der Waals surface area contributed by atoms with E-state index in [0.717, 1.165) is 32.0 Å². The van der Waals surface area contributed by atoms with E-state index in [1.807, 2.05) is 38.1 Å². The van der Waals surface area contributed by atoms with Gasteiger partial charge in [-0.25, -0.2) is 0 Å². The second-order valence-corrected chi connectivity index (χ2v) is 7.56. The molecule has 0 unspecified atom stereocenters. The summed E-state index contributed by atoms with van der Waals surface area (Å²) in [6.45, 7) is 6.97. The van der Waals surface area contributed by atoms with Crippen molar-refractivity contribution >= 4 is 23.2 Å². The molecule has 160 valence electrons. The smallest absolute Gasteiger partial charge is 0.251 e. The van der Waals surface area contributed by atoms with Gasteiger partial charge in [-0.15, -0.1) is 0 Å². The Morgan fingerprint density at radius 3 is 2.20 bits per heavy atom. The Kier molecular flexibility index (Phi) is 7.30. The van der Waals surface area contributed by atoms with Crippen molar-refractivity contribution in [1.82, 2.24) is 5.32 Å². The van der Waals surface area contributed by atoms with Gasteiger partial charge in [0.05, 0.1) is 20.3 Å². The lowest BCUT2D eigenvalue weighted by molar-refractivity contribution is -0.118. The number of rotatable bonds is 7. The van der Waals surface area contributed by atoms with E-state index in [4.69, 9.17) is 9.47 Å². The van der Waals surface area contributed by atoms with Crippen LogP contribution in [0.4, 0.5) is 11.4 Å². The highest BCUT2D eigenvalue weighted by atomic mass is 16.5. The number of morpholine rings is 1. The summed E-state index contributed by atoms with van der Waals surface area (Å²) >= 11 is 0. The maximum atomic E-state index is 12.8. The number of carbonyl (C=O) groups excluding carboxylic acids is 2. The second-order valence-electron chi connectivity index (χ2n) is 7.56. The Bertz CT molecular complexity index is 844. The van der Waals surface area contributed by atoms with Crippen LogP contribution in [0.2, 0.25) is 0 Å². The minimum Gasteiger partial charge on any atom is -0.497 e. The first-order valence-electron chi connectivity index (χ1n) is 10.2. The average Bonchev–Trinajstić information content (AvgIpc) is 2.78. The van der Waals surface area contributed by atoms with E-state index < -0.39 is 6.04 Å². The standard InChI is InChI=1S/C23H29N3O4/c1-16(2)21(25-22(27)17-4-10-20(29-3)11-5-17)23(28)24-18-6-8-19(9-7-18)26-12-14-30-15-13-26/h4-11,16,21H,12-15H2,1-3H3,(H,24,28)(H,25,27)/t21-/m1/s1. The predicted molar refractivity (Wildman–Crippen MR) is 117 cm³/mol. The number of methoxy groups -OCH3 is 1. The fraction of sp³-hybridized carbons (Fsp3) is 0.391. The van der Waals surface area contributed by atoms with Crippen LogP contribution in [0.25, 0.3) is 0 Å². The molecular formula is C23H29N3O4. The van der Waals surface area contributed by atoms with Crippen LogP contribution in [-0.2, 0) is 9.53 Å². The maximum absolute atomic E-state index is 12.8.